The molecule has 36 heavy (non-hydrogen) atoms. The van der Waals surface area contributed by atoms with E-state index in [0.717, 1.165) is 50.5 Å². The fourth-order valence-corrected chi connectivity index (χ4v) is 5.48. The molecule has 0 aromatic carbocycles. The normalized spacial score (nSPS) is 38.3. The molecule has 0 radical (unpaired) electrons. The first-order chi connectivity index (χ1) is 17.4. The molecule has 4 aliphatic rings. The summed E-state index contributed by atoms with van der Waals surface area (Å²) in [5.41, 5.74) is 2.37. The van der Waals surface area contributed by atoms with Crippen molar-refractivity contribution in [3.63, 3.8) is 0 Å². The van der Waals surface area contributed by atoms with Crippen molar-refractivity contribution < 1.29 is 29.2 Å². The first-order valence-corrected chi connectivity index (χ1v) is 13.6. The van der Waals surface area contributed by atoms with Crippen molar-refractivity contribution in [1.29, 1.82) is 0 Å². The van der Waals surface area contributed by atoms with Crippen molar-refractivity contribution in [2.24, 2.45) is 5.92 Å². The fourth-order valence-electron chi connectivity index (χ4n) is 5.48. The standard InChI is InChI=1S/C30H42O6/c1-20-7-3-9-22(17-20)15-16-25(31)27-19-28-30(36-28)26(32)18-21(2)8-4-10-23-11-5-12-24(34-23)13-6-14-29(33)35-27/h5-6,12,14-17,22-28,30-32H,2-4,7-11,13,18-19H2,1H3/b14-6-,16-15+/t22?,23-,24?,25?,26+,27?,28+,30?/m1/s1. The Morgan fingerprint density at radius 1 is 1.14 bits per heavy atom. The van der Waals surface area contributed by atoms with Gasteiger partial charge < -0.3 is 24.4 Å². The second kappa shape index (κ2) is 13.0. The van der Waals surface area contributed by atoms with E-state index in [4.69, 9.17) is 14.2 Å². The summed E-state index contributed by atoms with van der Waals surface area (Å²) in [5, 5.41) is 21.6. The van der Waals surface area contributed by atoms with Gasteiger partial charge >= 0.3 is 5.97 Å². The summed E-state index contributed by atoms with van der Waals surface area (Å²) in [6.45, 7) is 6.29. The minimum absolute atomic E-state index is 0.0614. The molecule has 2 N–H and O–H groups in total. The molecule has 0 amide bonds. The third kappa shape index (κ3) is 8.27. The highest BCUT2D eigenvalue weighted by molar-refractivity contribution is 5.82. The maximum atomic E-state index is 12.6. The highest BCUT2D eigenvalue weighted by Gasteiger charge is 2.46. The summed E-state index contributed by atoms with van der Waals surface area (Å²) in [6, 6.07) is 0. The zero-order valence-electron chi connectivity index (χ0n) is 21.5. The average Bonchev–Trinajstić information content (AvgIpc) is 3.61. The predicted octanol–water partition coefficient (Wildman–Crippen LogP) is 4.87. The average molecular weight is 499 g/mol. The van der Waals surface area contributed by atoms with Crippen molar-refractivity contribution in [3.8, 4) is 0 Å². The van der Waals surface area contributed by atoms with Crippen LogP contribution in [-0.4, -0.2) is 58.9 Å². The molecule has 1 fully saturated rings. The van der Waals surface area contributed by atoms with Crippen LogP contribution in [0.5, 0.6) is 0 Å². The number of aliphatic hydroxyl groups is 2. The summed E-state index contributed by atoms with van der Waals surface area (Å²) in [7, 11) is 0. The predicted molar refractivity (Wildman–Crippen MR) is 139 cm³/mol. The second-order valence-corrected chi connectivity index (χ2v) is 10.8. The molecule has 2 bridgehead atoms. The summed E-state index contributed by atoms with van der Waals surface area (Å²) >= 11 is 0. The minimum Gasteiger partial charge on any atom is -0.456 e. The summed E-state index contributed by atoms with van der Waals surface area (Å²) in [4.78, 5) is 12.6. The molecule has 3 heterocycles. The maximum Gasteiger partial charge on any atom is 0.330 e. The molecular weight excluding hydrogens is 456 g/mol. The molecule has 6 heteroatoms. The van der Waals surface area contributed by atoms with Gasteiger partial charge in [0, 0.05) is 12.5 Å². The van der Waals surface area contributed by atoms with Crippen LogP contribution in [0.15, 0.2) is 60.3 Å². The minimum atomic E-state index is -0.953. The van der Waals surface area contributed by atoms with Gasteiger partial charge in [-0.1, -0.05) is 54.2 Å². The van der Waals surface area contributed by atoms with Gasteiger partial charge in [0.25, 0.3) is 0 Å². The topological polar surface area (TPSA) is 88.5 Å². The van der Waals surface area contributed by atoms with Gasteiger partial charge in [-0.25, -0.2) is 4.79 Å². The van der Waals surface area contributed by atoms with Gasteiger partial charge in [0.05, 0.1) is 24.4 Å². The molecule has 8 atom stereocenters. The van der Waals surface area contributed by atoms with E-state index in [1.807, 2.05) is 12.2 Å². The smallest absolute Gasteiger partial charge is 0.330 e. The first-order valence-electron chi connectivity index (χ1n) is 13.6. The zero-order valence-corrected chi connectivity index (χ0v) is 21.5. The Hall–Kier alpha value is -1.99. The fraction of sp³-hybridized carbons (Fsp3) is 0.633. The molecule has 4 rings (SSSR count). The van der Waals surface area contributed by atoms with E-state index in [0.29, 0.717) is 19.3 Å². The van der Waals surface area contributed by atoms with Crippen LogP contribution >= 0.6 is 0 Å². The molecule has 0 spiro atoms. The molecule has 0 saturated carbocycles. The van der Waals surface area contributed by atoms with Crippen molar-refractivity contribution in [1.82, 2.24) is 0 Å². The molecule has 0 aromatic heterocycles. The summed E-state index contributed by atoms with van der Waals surface area (Å²) < 4.78 is 17.6. The van der Waals surface area contributed by atoms with Gasteiger partial charge in [0.1, 0.15) is 18.3 Å². The number of esters is 1. The number of carbonyl (C=O) groups excluding carboxylic acids is 1. The van der Waals surface area contributed by atoms with Gasteiger partial charge in [0.2, 0.25) is 0 Å². The SMILES string of the molecule is C=C1CCC[C@@H]2CC=CC(C/C=C\C(=O)OC(C(O)/C=C/C3C=C(C)CCC3)C[C@@H]3OC3[C@@H](O)C1)O2. The van der Waals surface area contributed by atoms with Crippen LogP contribution in [0.25, 0.3) is 0 Å². The van der Waals surface area contributed by atoms with Crippen LogP contribution in [0.2, 0.25) is 0 Å². The summed E-state index contributed by atoms with van der Waals surface area (Å²) in [5.74, 6) is -0.210. The number of carbonyl (C=O) groups is 1. The first kappa shape index (κ1) is 27.1. The van der Waals surface area contributed by atoms with E-state index >= 15 is 0 Å². The van der Waals surface area contributed by atoms with Crippen LogP contribution in [0, 0.1) is 5.92 Å². The van der Waals surface area contributed by atoms with Crippen molar-refractivity contribution in [3.05, 3.63) is 60.3 Å². The summed E-state index contributed by atoms with van der Waals surface area (Å²) in [6.07, 6.45) is 18.9. The lowest BCUT2D eigenvalue weighted by atomic mass is 9.90. The van der Waals surface area contributed by atoms with Gasteiger partial charge in [-0.05, 0) is 70.6 Å². The number of ether oxygens (including phenoxy) is 3. The lowest BCUT2D eigenvalue weighted by Gasteiger charge is -2.25. The molecular formula is C30H42O6. The number of hydrogen-bond acceptors (Lipinski definition) is 6. The van der Waals surface area contributed by atoms with E-state index in [1.54, 1.807) is 12.2 Å². The second-order valence-electron chi connectivity index (χ2n) is 10.8. The van der Waals surface area contributed by atoms with E-state index in [1.165, 1.54) is 11.6 Å². The maximum absolute atomic E-state index is 12.6. The Labute approximate surface area is 215 Å². The number of rotatable bonds is 3. The highest BCUT2D eigenvalue weighted by Crippen LogP contribution is 2.34. The monoisotopic (exact) mass is 498 g/mol. The Bertz CT molecular complexity index is 886. The van der Waals surface area contributed by atoms with E-state index in [2.05, 4.69) is 25.7 Å². The molecule has 6 nitrogen and oxygen atoms in total. The van der Waals surface area contributed by atoms with Gasteiger partial charge in [-0.15, -0.1) is 0 Å². The van der Waals surface area contributed by atoms with E-state index in [-0.39, 0.29) is 30.3 Å². The van der Waals surface area contributed by atoms with Crippen LogP contribution in [-0.2, 0) is 19.0 Å². The third-order valence-electron chi connectivity index (χ3n) is 7.57. The molecule has 1 saturated heterocycles. The molecule has 3 aliphatic heterocycles. The largest absolute Gasteiger partial charge is 0.456 e. The van der Waals surface area contributed by atoms with Gasteiger partial charge in [0.15, 0.2) is 0 Å². The van der Waals surface area contributed by atoms with E-state index in [9.17, 15) is 15.0 Å². The van der Waals surface area contributed by atoms with Crippen LogP contribution < -0.4 is 0 Å². The molecule has 198 valence electrons. The molecule has 5 unspecified atom stereocenters. The van der Waals surface area contributed by atoms with Gasteiger partial charge in [-0.3, -0.25) is 0 Å². The lowest BCUT2D eigenvalue weighted by Crippen LogP contribution is -2.32. The number of fused-ring (bicyclic) bond motifs is 3. The third-order valence-corrected chi connectivity index (χ3v) is 7.57. The quantitative estimate of drug-likeness (QED) is 0.328. The molecule has 0 aromatic rings. The van der Waals surface area contributed by atoms with E-state index < -0.39 is 24.3 Å². The number of allylic oxidation sites excluding steroid dienone is 3. The van der Waals surface area contributed by atoms with Gasteiger partial charge in [-0.2, -0.15) is 0 Å². The number of epoxide rings is 1. The Morgan fingerprint density at radius 2 is 1.97 bits per heavy atom. The van der Waals surface area contributed by atoms with Crippen LogP contribution in [0.4, 0.5) is 0 Å². The van der Waals surface area contributed by atoms with Crippen molar-refractivity contribution in [2.75, 3.05) is 0 Å². The van der Waals surface area contributed by atoms with Crippen LogP contribution in [0.3, 0.4) is 0 Å². The van der Waals surface area contributed by atoms with Crippen molar-refractivity contribution >= 4 is 5.97 Å². The Balaban J connectivity index is 1.44. The van der Waals surface area contributed by atoms with Crippen molar-refractivity contribution in [2.45, 2.75) is 114 Å². The highest BCUT2D eigenvalue weighted by atomic mass is 16.6. The number of hydrogen-bond donors (Lipinski definition) is 2. The lowest BCUT2D eigenvalue weighted by molar-refractivity contribution is -0.148. The van der Waals surface area contributed by atoms with Crippen LogP contribution in [0.1, 0.15) is 71.1 Å². The Morgan fingerprint density at radius 3 is 2.81 bits per heavy atom. The Kier molecular flexibility index (Phi) is 9.77. The number of aliphatic hydroxyl groups excluding tert-OH is 2. The molecule has 1 aliphatic carbocycles. The zero-order chi connectivity index (χ0) is 25.5. The number of cyclic esters (lactones) is 1.